The van der Waals surface area contributed by atoms with Crippen molar-refractivity contribution in [2.45, 2.75) is 250 Å². The monoisotopic (exact) mass is 1220 g/mol. The molecule has 15 heteroatoms. The Morgan fingerprint density at radius 2 is 1.18 bits per heavy atom. The van der Waals surface area contributed by atoms with Crippen molar-refractivity contribution < 1.29 is 62.1 Å². The molecule has 16 atom stereocenters. The zero-order valence-corrected chi connectivity index (χ0v) is 54.1. The number of para-hydroxylation sites is 2. The number of rotatable bonds is 17. The molecule has 10 fully saturated rings. The van der Waals surface area contributed by atoms with Crippen LogP contribution in [0.2, 0.25) is 0 Å². The van der Waals surface area contributed by atoms with Crippen LogP contribution in [0, 0.1) is 47.3 Å². The molecule has 13 aliphatic rings. The van der Waals surface area contributed by atoms with Gasteiger partial charge in [-0.2, -0.15) is 4.58 Å². The number of hydrogen-bond donors (Lipinski definition) is 0. The molecule has 0 radical (unpaired) electrons. The molecular formula is C72H96ClN2O12+. The van der Waals surface area contributed by atoms with Crippen LogP contribution in [0.5, 0.6) is 0 Å². The third-order valence-corrected chi connectivity index (χ3v) is 23.6. The van der Waals surface area contributed by atoms with Crippen molar-refractivity contribution in [2.75, 3.05) is 18.0 Å². The number of anilines is 1. The van der Waals surface area contributed by atoms with Crippen LogP contribution in [0.4, 0.5) is 11.4 Å². The van der Waals surface area contributed by atoms with Crippen molar-refractivity contribution in [3.8, 4) is 0 Å². The molecule has 3 aliphatic carbocycles. The molecule has 2 aromatic carbocycles. The standard InChI is InChI=1S/C72H96ClN2O12/c1-44-30-34-52-46(3)63(80-65-71(52)50(44)38-40-69(9,82-65)84-86-71)78-60(76)28-13-11-19-42-74-56-26-17-15-24-54(56)67(5,6)58(74)36-32-48-22-21-23-49(62(48)73)33-37-59-68(7,8)55-25-16-18-27-57(55)75(59)43-20-12-14-29-61(77)79-64-47(4)53-35-31-45(2)51-39-41-70(10)83-66(81-64)72(51,53)87-85-70/h15-18,24-27,32-33,36-37,44-47,50-53,63-66H,11-14,19-23,28-31,34-35,38-43H2,1-10H3/q+1/t44-,45-,46-,47-,50+,51+,52+,53+,63?,64?,65-,66-,69?,70?,71-,72-/m1/s1. The number of esters is 2. The zero-order chi connectivity index (χ0) is 60.8. The highest BCUT2D eigenvalue weighted by atomic mass is 35.5. The van der Waals surface area contributed by atoms with Crippen LogP contribution in [0.1, 0.15) is 202 Å². The summed E-state index contributed by atoms with van der Waals surface area (Å²) in [6.07, 6.45) is 22.5. The quantitative estimate of drug-likeness (QED) is 0.0645. The number of halogens is 1. The molecule has 14 nitrogen and oxygen atoms in total. The first-order valence-corrected chi connectivity index (χ1v) is 33.9. The second kappa shape index (κ2) is 23.8. The summed E-state index contributed by atoms with van der Waals surface area (Å²) >= 11 is 7.48. The van der Waals surface area contributed by atoms with E-state index in [1.807, 2.05) is 13.8 Å². The number of carbonyl (C=O) groups is 2. The normalized spacial score (nSPS) is 39.6. The molecule has 15 rings (SSSR count). The summed E-state index contributed by atoms with van der Waals surface area (Å²) in [6, 6.07) is 17.5. The van der Waals surface area contributed by atoms with Crippen molar-refractivity contribution >= 4 is 40.6 Å². The van der Waals surface area contributed by atoms with E-state index in [-0.39, 0.29) is 58.3 Å². The molecule has 10 aliphatic heterocycles. The van der Waals surface area contributed by atoms with Gasteiger partial charge in [0.2, 0.25) is 29.8 Å². The fraction of sp³-hybridized carbons (Fsp3) is 0.681. The third kappa shape index (κ3) is 10.8. The number of ether oxygens (including phenoxy) is 6. The van der Waals surface area contributed by atoms with Crippen molar-refractivity contribution in [1.29, 1.82) is 0 Å². The topological polar surface area (TPSA) is 133 Å². The molecule has 2 saturated carbocycles. The van der Waals surface area contributed by atoms with Gasteiger partial charge in [-0.05, 0) is 164 Å². The highest BCUT2D eigenvalue weighted by Crippen LogP contribution is 2.63. The van der Waals surface area contributed by atoms with Gasteiger partial charge in [0.15, 0.2) is 29.5 Å². The smallest absolute Gasteiger partial charge is 0.308 e. The highest BCUT2D eigenvalue weighted by Gasteiger charge is 2.71. The van der Waals surface area contributed by atoms with Crippen molar-refractivity contribution in [2.24, 2.45) is 47.3 Å². The molecule has 4 bridgehead atoms. The van der Waals surface area contributed by atoms with E-state index in [0.29, 0.717) is 24.7 Å². The van der Waals surface area contributed by atoms with Crippen molar-refractivity contribution in [1.82, 2.24) is 0 Å². The number of unbranched alkanes of at least 4 members (excludes halogenated alkanes) is 4. The van der Waals surface area contributed by atoms with Gasteiger partial charge in [-0.15, -0.1) is 0 Å². The maximum absolute atomic E-state index is 13.6. The Morgan fingerprint density at radius 1 is 0.621 bits per heavy atom. The summed E-state index contributed by atoms with van der Waals surface area (Å²) in [7, 11) is 0. The van der Waals surface area contributed by atoms with Gasteiger partial charge in [-0.1, -0.05) is 108 Å². The van der Waals surface area contributed by atoms with Gasteiger partial charge in [0.25, 0.3) is 0 Å². The molecule has 10 heterocycles. The fourth-order valence-electron chi connectivity index (χ4n) is 18.2. The molecule has 0 N–H and O–H groups in total. The van der Waals surface area contributed by atoms with E-state index in [9.17, 15) is 9.59 Å². The van der Waals surface area contributed by atoms with E-state index >= 15 is 0 Å². The van der Waals surface area contributed by atoms with Gasteiger partial charge in [-0.25, -0.2) is 19.6 Å². The molecule has 4 unspecified atom stereocenters. The second-order valence-electron chi connectivity index (χ2n) is 29.4. The molecule has 0 aromatic heterocycles. The predicted octanol–water partition coefficient (Wildman–Crippen LogP) is 15.5. The number of carbonyl (C=O) groups excluding carboxylic acids is 2. The highest BCUT2D eigenvalue weighted by molar-refractivity contribution is 6.32. The van der Waals surface area contributed by atoms with Crippen molar-refractivity contribution in [3.05, 3.63) is 106 Å². The molecule has 2 aromatic rings. The Balaban J connectivity index is 0.634. The summed E-state index contributed by atoms with van der Waals surface area (Å²) in [6.45, 7) is 23.6. The molecule has 8 saturated heterocycles. The summed E-state index contributed by atoms with van der Waals surface area (Å²) in [5.74, 6) is -0.691. The first-order chi connectivity index (χ1) is 41.7. The predicted molar refractivity (Wildman–Crippen MR) is 331 cm³/mol. The lowest BCUT2D eigenvalue weighted by Crippen LogP contribution is -2.70. The van der Waals surface area contributed by atoms with E-state index in [0.717, 1.165) is 138 Å². The maximum atomic E-state index is 13.6. The van der Waals surface area contributed by atoms with Gasteiger partial charge in [0, 0.05) is 102 Å². The minimum Gasteiger partial charge on any atom is -0.435 e. The van der Waals surface area contributed by atoms with E-state index < -0.39 is 47.9 Å². The fourth-order valence-corrected chi connectivity index (χ4v) is 18.5. The van der Waals surface area contributed by atoms with Crippen molar-refractivity contribution in [3.63, 3.8) is 0 Å². The van der Waals surface area contributed by atoms with Crippen LogP contribution in [0.25, 0.3) is 0 Å². The Labute approximate surface area is 521 Å². The molecular weight excluding hydrogens is 1120 g/mol. The molecule has 87 heavy (non-hydrogen) atoms. The summed E-state index contributed by atoms with van der Waals surface area (Å²) in [4.78, 5) is 54.2. The average molecular weight is 1220 g/mol. The molecule has 2 spiro atoms. The van der Waals surface area contributed by atoms with Crippen LogP contribution in [0.15, 0.2) is 94.7 Å². The van der Waals surface area contributed by atoms with E-state index in [2.05, 4.69) is 138 Å². The number of fused-ring (bicyclic) bond motifs is 6. The Hall–Kier alpha value is -4.22. The van der Waals surface area contributed by atoms with E-state index in [4.69, 9.17) is 59.6 Å². The van der Waals surface area contributed by atoms with Gasteiger partial charge in [0.1, 0.15) is 6.54 Å². The SMILES string of the molecule is C[C@@H]1CC[C@H]2[C@@H](C)C(OC(=O)CCCCCN3/C(=C/C=C4\CCCC(/C=C/C5=[N+](CCCCCC(=O)OC6O[C@@H]7OC8(C)CC[C@H]9[C@H](C)CC[C@@H]([C@H]6C)[C@@]79OO8)c6ccccc6C5(C)C)=C4Cl)C(C)(C)c4ccccc43)O[C@@H]3OC4(C)CC[C@@H]1[C@]32OO4. The van der Waals surface area contributed by atoms with Gasteiger partial charge >= 0.3 is 11.9 Å². The summed E-state index contributed by atoms with van der Waals surface area (Å²) in [5.41, 5.74) is 8.05. The second-order valence-corrected chi connectivity index (χ2v) is 29.8. The third-order valence-electron chi connectivity index (χ3n) is 23.2. The van der Waals surface area contributed by atoms with Crippen LogP contribution in [-0.2, 0) is 68.4 Å². The van der Waals surface area contributed by atoms with Crippen LogP contribution in [0.3, 0.4) is 0 Å². The van der Waals surface area contributed by atoms with Gasteiger partial charge in [0.05, 0.1) is 5.41 Å². The maximum Gasteiger partial charge on any atom is 0.308 e. The Kier molecular flexibility index (Phi) is 16.9. The number of benzene rings is 2. The minimum absolute atomic E-state index is 0.0555. The van der Waals surface area contributed by atoms with E-state index in [1.165, 1.54) is 33.9 Å². The number of nitrogens with zero attached hydrogens (tertiary/aromatic N) is 2. The van der Waals surface area contributed by atoms with Gasteiger partial charge in [-0.3, -0.25) is 9.59 Å². The van der Waals surface area contributed by atoms with Crippen LogP contribution in [-0.4, -0.2) is 83.3 Å². The summed E-state index contributed by atoms with van der Waals surface area (Å²) in [5, 5.41) is 0.833. The average Bonchev–Trinajstić information content (AvgIpc) is 1.76. The van der Waals surface area contributed by atoms with Crippen LogP contribution < -0.4 is 4.90 Å². The lowest BCUT2D eigenvalue weighted by molar-refractivity contribution is -0.576. The first-order valence-electron chi connectivity index (χ1n) is 33.6. The Bertz CT molecular complexity index is 3130. The Morgan fingerprint density at radius 3 is 1.79 bits per heavy atom. The lowest BCUT2D eigenvalue weighted by Gasteiger charge is -2.59. The van der Waals surface area contributed by atoms with E-state index in [1.54, 1.807) is 0 Å². The first kappa shape index (κ1) is 61.6. The molecule has 472 valence electrons. The number of hydrogen-bond acceptors (Lipinski definition) is 13. The van der Waals surface area contributed by atoms with Gasteiger partial charge < -0.3 is 33.3 Å². The number of allylic oxidation sites excluding steroid dienone is 8. The zero-order valence-electron chi connectivity index (χ0n) is 53.4. The largest absolute Gasteiger partial charge is 0.435 e. The minimum atomic E-state index is -0.879. The van der Waals surface area contributed by atoms with Crippen LogP contribution >= 0.6 is 11.6 Å². The lowest BCUT2D eigenvalue weighted by atomic mass is 9.58. The summed E-state index contributed by atoms with van der Waals surface area (Å²) < 4.78 is 40.9. The molecule has 0 amide bonds.